The van der Waals surface area contributed by atoms with Crippen LogP contribution in [0.2, 0.25) is 0 Å². The molecule has 0 saturated heterocycles. The van der Waals surface area contributed by atoms with Crippen molar-refractivity contribution < 1.29 is 47.3 Å². The summed E-state index contributed by atoms with van der Waals surface area (Å²) in [5.41, 5.74) is -0.569. The summed E-state index contributed by atoms with van der Waals surface area (Å²) in [5.74, 6) is -0.897. The number of carbonyl (C=O) groups is 5. The van der Waals surface area contributed by atoms with Crippen LogP contribution in [0, 0.1) is 5.82 Å². The van der Waals surface area contributed by atoms with Gasteiger partial charge >= 0.3 is 24.4 Å². The van der Waals surface area contributed by atoms with E-state index in [4.69, 9.17) is 18.9 Å². The second-order valence-electron chi connectivity index (χ2n) is 16.7. The van der Waals surface area contributed by atoms with Gasteiger partial charge in [-0.2, -0.15) is 9.98 Å². The average Bonchev–Trinajstić information content (AvgIpc) is 3.08. The Labute approximate surface area is 339 Å². The summed E-state index contributed by atoms with van der Waals surface area (Å²) in [6.07, 6.45) is 1.55. The van der Waals surface area contributed by atoms with Crippen LogP contribution in [0.25, 0.3) is 5.57 Å². The fourth-order valence-corrected chi connectivity index (χ4v) is 5.14. The van der Waals surface area contributed by atoms with Gasteiger partial charge in [0.15, 0.2) is 0 Å². The number of aliphatic imine (C=N–C) groups is 2. The van der Waals surface area contributed by atoms with Crippen LogP contribution in [-0.4, -0.2) is 96.4 Å². The van der Waals surface area contributed by atoms with Crippen molar-refractivity contribution in [1.29, 1.82) is 0 Å². The highest BCUT2D eigenvalue weighted by Crippen LogP contribution is 2.27. The molecule has 0 aromatic heterocycles. The van der Waals surface area contributed by atoms with E-state index in [1.165, 1.54) is 12.4 Å². The molecular weight excluding hydrogens is 753 g/mol. The second kappa shape index (κ2) is 20.0. The maximum absolute atomic E-state index is 15.3. The molecule has 1 aliphatic rings. The van der Waals surface area contributed by atoms with E-state index in [1.807, 2.05) is 6.08 Å². The zero-order valence-corrected chi connectivity index (χ0v) is 34.9. The van der Waals surface area contributed by atoms with E-state index in [-0.39, 0.29) is 13.1 Å². The lowest BCUT2D eigenvalue weighted by atomic mass is 9.99. The van der Waals surface area contributed by atoms with Gasteiger partial charge in [-0.3, -0.25) is 10.1 Å². The minimum Gasteiger partial charge on any atom is -0.444 e. The number of rotatable bonds is 13. The molecule has 0 radical (unpaired) electrons. The lowest BCUT2D eigenvalue weighted by Gasteiger charge is -2.26. The second-order valence-corrected chi connectivity index (χ2v) is 16.7. The van der Waals surface area contributed by atoms with Crippen molar-refractivity contribution in [1.82, 2.24) is 20.9 Å². The molecule has 0 bridgehead atoms. The third-order valence-corrected chi connectivity index (χ3v) is 7.77. The molecule has 2 aromatic rings. The van der Waals surface area contributed by atoms with E-state index in [2.05, 4.69) is 31.3 Å². The molecule has 316 valence electrons. The van der Waals surface area contributed by atoms with E-state index in [9.17, 15) is 24.0 Å². The summed E-state index contributed by atoms with van der Waals surface area (Å²) < 4.78 is 36.3. The standard InChI is InChI=1S/C41H56FN7O9/c1-38(2,3)55-34(51)44-24-41(9,10)58-37(54)47-26-49-19-17-28(18-20-49)31-16-15-30(21-32(31)42)48-33(50)29-13-11-27(12-14-29)22-43-23-40(7,8)57-36(53)46-25-45-35(52)56-39(4,5)6/h11-17,21,25-26,43H,18-20,22-24H2,1-10H3,(H,44,51)(H,48,50)(H,45,46,52,53)/b47-26-. The maximum atomic E-state index is 15.3. The van der Waals surface area contributed by atoms with Crippen LogP contribution in [0.1, 0.15) is 97.1 Å². The highest BCUT2D eigenvalue weighted by atomic mass is 19.1. The quantitative estimate of drug-likeness (QED) is 0.0907. The van der Waals surface area contributed by atoms with Gasteiger partial charge in [-0.1, -0.05) is 18.2 Å². The smallest absolute Gasteiger partial charge is 0.435 e. The summed E-state index contributed by atoms with van der Waals surface area (Å²) in [6.45, 7) is 18.7. The molecule has 1 aliphatic heterocycles. The Morgan fingerprint density at radius 3 is 1.97 bits per heavy atom. The van der Waals surface area contributed by atoms with Crippen molar-refractivity contribution >= 4 is 54.2 Å². The monoisotopic (exact) mass is 809 g/mol. The number of amides is 5. The molecular formula is C41H56FN7O9. The minimum absolute atomic E-state index is 0.0284. The first kappa shape index (κ1) is 46.5. The first-order valence-corrected chi connectivity index (χ1v) is 18.7. The summed E-state index contributed by atoms with van der Waals surface area (Å²) in [5, 5.41) is 10.7. The van der Waals surface area contributed by atoms with E-state index in [0.717, 1.165) is 17.5 Å². The predicted molar refractivity (Wildman–Crippen MR) is 218 cm³/mol. The molecule has 17 heteroatoms. The molecule has 0 aliphatic carbocycles. The molecule has 1 heterocycles. The molecule has 0 unspecified atom stereocenters. The minimum atomic E-state index is -1.03. The van der Waals surface area contributed by atoms with Crippen LogP contribution < -0.4 is 21.3 Å². The first-order chi connectivity index (χ1) is 26.9. The average molecular weight is 810 g/mol. The van der Waals surface area contributed by atoms with Crippen LogP contribution in [0.15, 0.2) is 58.5 Å². The molecule has 5 amide bonds. The van der Waals surface area contributed by atoms with Crippen molar-refractivity contribution in [3.8, 4) is 0 Å². The molecule has 0 fully saturated rings. The Hall–Kier alpha value is -5.84. The van der Waals surface area contributed by atoms with Gasteiger partial charge in [0, 0.05) is 43.0 Å². The number of alkyl carbamates (subject to hydrolysis) is 2. The van der Waals surface area contributed by atoms with Crippen LogP contribution in [-0.2, 0) is 25.5 Å². The maximum Gasteiger partial charge on any atom is 0.435 e. The summed E-state index contributed by atoms with van der Waals surface area (Å²) in [7, 11) is 0. The van der Waals surface area contributed by atoms with Crippen molar-refractivity contribution in [2.75, 3.05) is 31.5 Å². The van der Waals surface area contributed by atoms with Gasteiger partial charge in [0.2, 0.25) is 0 Å². The highest BCUT2D eigenvalue weighted by molar-refractivity contribution is 6.04. The van der Waals surface area contributed by atoms with E-state index >= 15 is 4.39 Å². The Kier molecular flexibility index (Phi) is 16.1. The van der Waals surface area contributed by atoms with Gasteiger partial charge < -0.3 is 39.8 Å². The molecule has 16 nitrogen and oxygen atoms in total. The molecule has 2 aromatic carbocycles. The summed E-state index contributed by atoms with van der Waals surface area (Å²) >= 11 is 0. The number of anilines is 1. The number of halogens is 1. The number of carbonyl (C=O) groups excluding carboxylic acids is 5. The highest BCUT2D eigenvalue weighted by Gasteiger charge is 2.26. The SMILES string of the molecule is CC(C)(C)OC(=O)N/C=N\C(=O)OC(C)(C)CNCc1ccc(C(=O)Nc2ccc(C3=CCN(/C=N\C(=O)OC(C)(C)CNC(=O)OC(C)(C)C)CC3)c(F)c2)cc1. The molecule has 0 saturated carbocycles. The molecule has 0 atom stereocenters. The van der Waals surface area contributed by atoms with E-state index in [0.29, 0.717) is 42.9 Å². The Morgan fingerprint density at radius 1 is 0.776 bits per heavy atom. The van der Waals surface area contributed by atoms with Crippen molar-refractivity contribution in [2.45, 2.75) is 105 Å². The largest absolute Gasteiger partial charge is 0.444 e. The van der Waals surface area contributed by atoms with E-state index in [1.54, 1.807) is 111 Å². The Bertz CT molecular complexity index is 1880. The third kappa shape index (κ3) is 17.5. The normalized spacial score (nSPS) is 13.8. The van der Waals surface area contributed by atoms with Crippen LogP contribution >= 0.6 is 0 Å². The number of benzene rings is 2. The van der Waals surface area contributed by atoms with Gasteiger partial charge in [0.05, 0.1) is 12.9 Å². The number of ether oxygens (including phenoxy) is 4. The van der Waals surface area contributed by atoms with Gasteiger partial charge in [-0.25, -0.2) is 23.6 Å². The molecule has 3 rings (SSSR count). The third-order valence-electron chi connectivity index (χ3n) is 7.77. The lowest BCUT2D eigenvalue weighted by Crippen LogP contribution is -2.43. The Morgan fingerprint density at radius 2 is 1.38 bits per heavy atom. The Balaban J connectivity index is 1.43. The number of hydrogen-bond acceptors (Lipinski definition) is 10. The zero-order chi connectivity index (χ0) is 43.3. The van der Waals surface area contributed by atoms with Crippen LogP contribution in [0.3, 0.4) is 0 Å². The van der Waals surface area contributed by atoms with Gasteiger partial charge in [0.1, 0.15) is 34.6 Å². The van der Waals surface area contributed by atoms with E-state index < -0.39 is 58.5 Å². The van der Waals surface area contributed by atoms with Crippen molar-refractivity contribution in [2.24, 2.45) is 9.98 Å². The summed E-state index contributed by atoms with van der Waals surface area (Å²) in [4.78, 5) is 70.2. The van der Waals surface area contributed by atoms with Gasteiger partial charge in [0.25, 0.3) is 5.91 Å². The number of nitrogens with zero attached hydrogens (tertiary/aromatic N) is 3. The predicted octanol–water partition coefficient (Wildman–Crippen LogP) is 7.19. The fourth-order valence-electron chi connectivity index (χ4n) is 5.14. The van der Waals surface area contributed by atoms with Crippen LogP contribution in [0.5, 0.6) is 0 Å². The topological polar surface area (TPSA) is 198 Å². The number of nitrogens with one attached hydrogen (secondary N) is 4. The zero-order valence-electron chi connectivity index (χ0n) is 34.9. The van der Waals surface area contributed by atoms with Crippen molar-refractivity contribution in [3.05, 3.63) is 71.0 Å². The molecule has 58 heavy (non-hydrogen) atoms. The van der Waals surface area contributed by atoms with Crippen LogP contribution in [0.4, 0.5) is 29.3 Å². The number of hydrogen-bond donors (Lipinski definition) is 4. The first-order valence-electron chi connectivity index (χ1n) is 18.7. The molecule has 0 spiro atoms. The van der Waals surface area contributed by atoms with Gasteiger partial charge in [-0.05, 0) is 117 Å². The van der Waals surface area contributed by atoms with Gasteiger partial charge in [-0.15, -0.1) is 0 Å². The molecule has 4 N–H and O–H groups in total. The lowest BCUT2D eigenvalue weighted by molar-refractivity contribution is 0.0293. The van der Waals surface area contributed by atoms with Crippen molar-refractivity contribution in [3.63, 3.8) is 0 Å². The fraction of sp³-hybridized carbons (Fsp3) is 0.488. The summed E-state index contributed by atoms with van der Waals surface area (Å²) in [6, 6.07) is 11.4.